The van der Waals surface area contributed by atoms with Crippen molar-refractivity contribution < 1.29 is 0 Å². The minimum atomic E-state index is 0.747. The predicted molar refractivity (Wildman–Crippen MR) is 74.9 cm³/mol. The molecule has 18 heavy (non-hydrogen) atoms. The van der Waals surface area contributed by atoms with E-state index >= 15 is 0 Å². The summed E-state index contributed by atoms with van der Waals surface area (Å²) in [6.45, 7) is 4.94. The SMILES string of the molecule is c1ccc(N2CCCCC(N3CCCC3)C2)nc1. The minimum absolute atomic E-state index is 0.747. The second-order valence-corrected chi connectivity index (χ2v) is 5.53. The van der Waals surface area contributed by atoms with Crippen molar-refractivity contribution >= 4 is 5.82 Å². The first-order valence-corrected chi connectivity index (χ1v) is 7.33. The molecule has 3 nitrogen and oxygen atoms in total. The summed E-state index contributed by atoms with van der Waals surface area (Å²) in [5, 5.41) is 0. The van der Waals surface area contributed by atoms with Gasteiger partial charge in [-0.1, -0.05) is 12.5 Å². The maximum atomic E-state index is 4.51. The maximum absolute atomic E-state index is 4.51. The Hall–Kier alpha value is -1.09. The predicted octanol–water partition coefficient (Wildman–Crippen LogP) is 2.54. The Bertz CT molecular complexity index is 359. The highest BCUT2D eigenvalue weighted by atomic mass is 15.3. The summed E-state index contributed by atoms with van der Waals surface area (Å²) in [6.07, 6.45) is 8.72. The number of rotatable bonds is 2. The first-order chi connectivity index (χ1) is 8.93. The zero-order valence-electron chi connectivity index (χ0n) is 11.1. The van der Waals surface area contributed by atoms with Crippen LogP contribution in [0.1, 0.15) is 32.1 Å². The van der Waals surface area contributed by atoms with Crippen molar-refractivity contribution in [2.75, 3.05) is 31.1 Å². The Kier molecular flexibility index (Phi) is 3.79. The fourth-order valence-electron chi connectivity index (χ4n) is 3.27. The van der Waals surface area contributed by atoms with Crippen molar-refractivity contribution in [2.45, 2.75) is 38.1 Å². The number of pyridine rings is 1. The first-order valence-electron chi connectivity index (χ1n) is 7.33. The zero-order chi connectivity index (χ0) is 12.2. The van der Waals surface area contributed by atoms with Crippen LogP contribution in [-0.4, -0.2) is 42.1 Å². The van der Waals surface area contributed by atoms with Crippen LogP contribution < -0.4 is 4.90 Å². The van der Waals surface area contributed by atoms with Crippen LogP contribution in [0.15, 0.2) is 24.4 Å². The van der Waals surface area contributed by atoms with Gasteiger partial charge in [0.2, 0.25) is 0 Å². The Balaban J connectivity index is 1.71. The molecule has 0 bridgehead atoms. The van der Waals surface area contributed by atoms with Crippen LogP contribution in [0.25, 0.3) is 0 Å². The molecule has 0 saturated carbocycles. The molecular formula is C15H23N3. The Labute approximate surface area is 110 Å². The molecule has 2 saturated heterocycles. The smallest absolute Gasteiger partial charge is 0.128 e. The number of hydrogen-bond acceptors (Lipinski definition) is 3. The molecule has 0 aromatic carbocycles. The van der Waals surface area contributed by atoms with Crippen molar-refractivity contribution in [1.29, 1.82) is 0 Å². The molecule has 3 heteroatoms. The van der Waals surface area contributed by atoms with Gasteiger partial charge in [0.15, 0.2) is 0 Å². The Morgan fingerprint density at radius 3 is 2.61 bits per heavy atom. The highest BCUT2D eigenvalue weighted by Crippen LogP contribution is 2.22. The molecule has 98 valence electrons. The van der Waals surface area contributed by atoms with Gasteiger partial charge in [-0.2, -0.15) is 0 Å². The van der Waals surface area contributed by atoms with Gasteiger partial charge in [0, 0.05) is 25.3 Å². The van der Waals surface area contributed by atoms with Gasteiger partial charge in [0.25, 0.3) is 0 Å². The van der Waals surface area contributed by atoms with Crippen molar-refractivity contribution in [3.05, 3.63) is 24.4 Å². The van der Waals surface area contributed by atoms with Gasteiger partial charge in [-0.05, 0) is 50.9 Å². The van der Waals surface area contributed by atoms with E-state index in [9.17, 15) is 0 Å². The van der Waals surface area contributed by atoms with E-state index in [1.807, 2.05) is 12.3 Å². The second kappa shape index (κ2) is 5.70. The van der Waals surface area contributed by atoms with Gasteiger partial charge in [-0.3, -0.25) is 4.90 Å². The van der Waals surface area contributed by atoms with E-state index in [-0.39, 0.29) is 0 Å². The lowest BCUT2D eigenvalue weighted by molar-refractivity contribution is 0.236. The zero-order valence-corrected chi connectivity index (χ0v) is 11.1. The van der Waals surface area contributed by atoms with Crippen LogP contribution in [-0.2, 0) is 0 Å². The fourth-order valence-corrected chi connectivity index (χ4v) is 3.27. The standard InChI is InChI=1S/C15H23N3/c1-3-9-16-15(8-1)18-12-4-2-7-14(13-18)17-10-5-6-11-17/h1,3,8-9,14H,2,4-7,10-13H2. The molecule has 0 N–H and O–H groups in total. The molecule has 1 aromatic rings. The average Bonchev–Trinajstić information content (AvgIpc) is 2.85. The molecule has 3 rings (SSSR count). The fraction of sp³-hybridized carbons (Fsp3) is 0.667. The molecule has 1 atom stereocenters. The maximum Gasteiger partial charge on any atom is 0.128 e. The summed E-state index contributed by atoms with van der Waals surface area (Å²) in [7, 11) is 0. The van der Waals surface area contributed by atoms with Crippen LogP contribution in [0.4, 0.5) is 5.82 Å². The quantitative estimate of drug-likeness (QED) is 0.798. The highest BCUT2D eigenvalue weighted by molar-refractivity contribution is 5.38. The Morgan fingerprint density at radius 2 is 1.83 bits per heavy atom. The molecule has 2 aliphatic heterocycles. The molecule has 0 aliphatic carbocycles. The van der Waals surface area contributed by atoms with Gasteiger partial charge in [-0.15, -0.1) is 0 Å². The summed E-state index contributed by atoms with van der Waals surface area (Å²) >= 11 is 0. The third kappa shape index (κ3) is 2.66. The molecule has 1 aromatic heterocycles. The van der Waals surface area contributed by atoms with E-state index in [1.165, 1.54) is 51.7 Å². The summed E-state index contributed by atoms with van der Waals surface area (Å²) in [5.41, 5.74) is 0. The van der Waals surface area contributed by atoms with E-state index in [0.717, 1.165) is 18.4 Å². The lowest BCUT2D eigenvalue weighted by Crippen LogP contribution is -2.41. The lowest BCUT2D eigenvalue weighted by Gasteiger charge is -2.31. The molecule has 2 aliphatic rings. The van der Waals surface area contributed by atoms with Crippen molar-refractivity contribution in [3.63, 3.8) is 0 Å². The largest absolute Gasteiger partial charge is 0.355 e. The van der Waals surface area contributed by atoms with Gasteiger partial charge in [0.05, 0.1) is 0 Å². The minimum Gasteiger partial charge on any atom is -0.355 e. The number of likely N-dealkylation sites (tertiary alicyclic amines) is 1. The first kappa shape index (κ1) is 12.0. The number of aromatic nitrogens is 1. The van der Waals surface area contributed by atoms with Crippen LogP contribution in [0, 0.1) is 0 Å². The summed E-state index contributed by atoms with van der Waals surface area (Å²) < 4.78 is 0. The van der Waals surface area contributed by atoms with Gasteiger partial charge in [-0.25, -0.2) is 4.98 Å². The van der Waals surface area contributed by atoms with E-state index in [2.05, 4.69) is 26.9 Å². The van der Waals surface area contributed by atoms with Gasteiger partial charge in [0.1, 0.15) is 5.82 Å². The summed E-state index contributed by atoms with van der Waals surface area (Å²) in [6, 6.07) is 6.99. The van der Waals surface area contributed by atoms with Crippen LogP contribution >= 0.6 is 0 Å². The molecule has 2 fully saturated rings. The molecular weight excluding hydrogens is 222 g/mol. The normalized spacial score (nSPS) is 26.2. The summed E-state index contributed by atoms with van der Waals surface area (Å²) in [4.78, 5) is 9.69. The van der Waals surface area contributed by atoms with Crippen molar-refractivity contribution in [2.24, 2.45) is 0 Å². The topological polar surface area (TPSA) is 19.4 Å². The third-order valence-electron chi connectivity index (χ3n) is 4.28. The number of nitrogens with zero attached hydrogens (tertiary/aromatic N) is 3. The van der Waals surface area contributed by atoms with E-state index in [1.54, 1.807) is 0 Å². The molecule has 0 radical (unpaired) electrons. The molecule has 0 amide bonds. The van der Waals surface area contributed by atoms with Crippen molar-refractivity contribution in [3.8, 4) is 0 Å². The Morgan fingerprint density at radius 1 is 1.00 bits per heavy atom. The van der Waals surface area contributed by atoms with E-state index in [4.69, 9.17) is 0 Å². The van der Waals surface area contributed by atoms with Crippen LogP contribution in [0.5, 0.6) is 0 Å². The molecule has 1 unspecified atom stereocenters. The van der Waals surface area contributed by atoms with E-state index in [0.29, 0.717) is 0 Å². The van der Waals surface area contributed by atoms with Crippen molar-refractivity contribution in [1.82, 2.24) is 9.88 Å². The van der Waals surface area contributed by atoms with Crippen LogP contribution in [0.2, 0.25) is 0 Å². The number of anilines is 1. The monoisotopic (exact) mass is 245 g/mol. The van der Waals surface area contributed by atoms with Gasteiger partial charge >= 0.3 is 0 Å². The third-order valence-corrected chi connectivity index (χ3v) is 4.28. The molecule has 3 heterocycles. The summed E-state index contributed by atoms with van der Waals surface area (Å²) in [5.74, 6) is 1.16. The lowest BCUT2D eigenvalue weighted by atomic mass is 10.1. The second-order valence-electron chi connectivity index (χ2n) is 5.53. The van der Waals surface area contributed by atoms with Gasteiger partial charge < -0.3 is 4.90 Å². The molecule has 0 spiro atoms. The van der Waals surface area contributed by atoms with Crippen LogP contribution in [0.3, 0.4) is 0 Å². The number of hydrogen-bond donors (Lipinski definition) is 0. The average molecular weight is 245 g/mol. The van der Waals surface area contributed by atoms with E-state index < -0.39 is 0 Å². The highest BCUT2D eigenvalue weighted by Gasteiger charge is 2.26.